The molecule has 0 bridgehead atoms. The van der Waals surface area contributed by atoms with E-state index in [9.17, 15) is 17.6 Å². The van der Waals surface area contributed by atoms with Crippen molar-refractivity contribution in [3.05, 3.63) is 34.2 Å². The van der Waals surface area contributed by atoms with Crippen molar-refractivity contribution in [2.75, 3.05) is 6.26 Å². The summed E-state index contributed by atoms with van der Waals surface area (Å²) < 4.78 is 35.9. The third-order valence-corrected chi connectivity index (χ3v) is 5.26. The third-order valence-electron chi connectivity index (χ3n) is 2.61. The van der Waals surface area contributed by atoms with E-state index in [1.165, 1.54) is 12.1 Å². The van der Waals surface area contributed by atoms with Crippen LogP contribution in [-0.4, -0.2) is 24.6 Å². The normalized spacial score (nSPS) is 12.3. The van der Waals surface area contributed by atoms with Gasteiger partial charge >= 0.3 is 0 Å². The summed E-state index contributed by atoms with van der Waals surface area (Å²) in [5.74, 6) is -0.532. The molecule has 0 fully saturated rings. The van der Waals surface area contributed by atoms with Gasteiger partial charge < -0.3 is 4.98 Å². The van der Waals surface area contributed by atoms with Crippen LogP contribution in [0.25, 0.3) is 21.3 Å². The molecule has 1 N–H and O–H groups in total. The number of H-pyrrole nitrogens is 1. The molecule has 0 aliphatic carbocycles. The average molecular weight is 298 g/mol. The van der Waals surface area contributed by atoms with E-state index in [1.807, 2.05) is 0 Å². The number of sulfone groups is 1. The third kappa shape index (κ3) is 1.92. The Balaban J connectivity index is 2.50. The quantitative estimate of drug-likeness (QED) is 0.741. The Morgan fingerprint density at radius 3 is 2.79 bits per heavy atom. The van der Waals surface area contributed by atoms with Crippen LogP contribution in [0.5, 0.6) is 0 Å². The summed E-state index contributed by atoms with van der Waals surface area (Å²) >= 11 is 0.889. The van der Waals surface area contributed by atoms with Crippen LogP contribution in [0.2, 0.25) is 0 Å². The monoisotopic (exact) mass is 298 g/mol. The largest absolute Gasteiger partial charge is 0.345 e. The van der Waals surface area contributed by atoms with Crippen LogP contribution in [0, 0.1) is 5.82 Å². The molecule has 0 atom stereocenters. The number of aromatic nitrogens is 2. The van der Waals surface area contributed by atoms with E-state index in [1.54, 1.807) is 0 Å². The highest BCUT2D eigenvalue weighted by Gasteiger charge is 2.17. The number of rotatable bonds is 1. The topological polar surface area (TPSA) is 79.9 Å². The van der Waals surface area contributed by atoms with Gasteiger partial charge in [-0.2, -0.15) is 0 Å². The molecule has 5 nitrogen and oxygen atoms in total. The van der Waals surface area contributed by atoms with Crippen LogP contribution in [0.1, 0.15) is 0 Å². The van der Waals surface area contributed by atoms with Gasteiger partial charge in [0.2, 0.25) is 19.6 Å². The maximum absolute atomic E-state index is 13.1. The minimum atomic E-state index is -3.47. The molecule has 3 rings (SSSR count). The molecule has 0 aliphatic heterocycles. The summed E-state index contributed by atoms with van der Waals surface area (Å²) in [6, 6.07) is 3.76. The van der Waals surface area contributed by atoms with E-state index < -0.39 is 21.1 Å². The Morgan fingerprint density at radius 2 is 2.11 bits per heavy atom. The summed E-state index contributed by atoms with van der Waals surface area (Å²) in [6.45, 7) is 0. The second-order valence-corrected chi connectivity index (χ2v) is 7.26. The van der Waals surface area contributed by atoms with E-state index in [0.29, 0.717) is 10.3 Å². The number of hydrogen-bond acceptors (Lipinski definition) is 5. The number of nitrogens with zero attached hydrogens (tertiary/aromatic N) is 1. The highest BCUT2D eigenvalue weighted by molar-refractivity contribution is 7.92. The van der Waals surface area contributed by atoms with Crippen molar-refractivity contribution >= 4 is 42.4 Å². The zero-order valence-corrected chi connectivity index (χ0v) is 11.2. The molecule has 0 saturated carbocycles. The molecule has 98 valence electrons. The molecule has 0 saturated heterocycles. The Bertz CT molecular complexity index is 973. The van der Waals surface area contributed by atoms with Crippen LogP contribution in [0.15, 0.2) is 27.3 Å². The van der Waals surface area contributed by atoms with Gasteiger partial charge in [-0.3, -0.25) is 4.79 Å². The van der Waals surface area contributed by atoms with Crippen molar-refractivity contribution in [2.45, 2.75) is 4.34 Å². The number of aromatic amines is 1. The number of nitrogens with one attached hydrogen (secondary N) is 1. The number of fused-ring (bicyclic) bond motifs is 2. The maximum atomic E-state index is 13.1. The van der Waals surface area contributed by atoms with Gasteiger partial charge in [-0.15, -0.1) is 0 Å². The van der Waals surface area contributed by atoms with Gasteiger partial charge in [0.25, 0.3) is 0 Å². The molecular formula is C11H7FN2O3S2. The van der Waals surface area contributed by atoms with Crippen LogP contribution in [0.4, 0.5) is 4.39 Å². The molecule has 0 aliphatic rings. The molecule has 0 radical (unpaired) electrons. The zero-order valence-electron chi connectivity index (χ0n) is 9.60. The molecule has 19 heavy (non-hydrogen) atoms. The second kappa shape index (κ2) is 3.84. The predicted molar refractivity (Wildman–Crippen MR) is 70.8 cm³/mol. The summed E-state index contributed by atoms with van der Waals surface area (Å²) in [5, 5.41) is 0.151. The van der Waals surface area contributed by atoms with Gasteiger partial charge in [-0.05, 0) is 18.2 Å². The van der Waals surface area contributed by atoms with Crippen molar-refractivity contribution in [3.63, 3.8) is 0 Å². The van der Waals surface area contributed by atoms with Gasteiger partial charge in [0.05, 0.1) is 10.9 Å². The minimum Gasteiger partial charge on any atom is -0.345 e. The van der Waals surface area contributed by atoms with Crippen LogP contribution in [0.3, 0.4) is 0 Å². The number of pyridine rings is 1. The fourth-order valence-electron chi connectivity index (χ4n) is 1.76. The molecule has 1 aromatic carbocycles. The molecular weight excluding hydrogens is 291 g/mol. The number of benzene rings is 1. The second-order valence-electron chi connectivity index (χ2n) is 4.07. The minimum absolute atomic E-state index is 0.0172. The van der Waals surface area contributed by atoms with Gasteiger partial charge in [0.15, 0.2) is 0 Å². The zero-order chi connectivity index (χ0) is 13.8. The molecule has 0 amide bonds. The first kappa shape index (κ1) is 12.2. The van der Waals surface area contributed by atoms with Crippen LogP contribution in [-0.2, 0) is 9.84 Å². The summed E-state index contributed by atoms with van der Waals surface area (Å²) in [7, 11) is -3.47. The SMILES string of the molecule is CS(=O)(=O)c1nc2c(=O)c3cc(F)ccc3[nH]c2s1. The van der Waals surface area contributed by atoms with Gasteiger partial charge in [0.1, 0.15) is 16.2 Å². The number of halogens is 1. The Kier molecular flexibility index (Phi) is 2.48. The Labute approximate surface area is 110 Å². The molecule has 3 aromatic rings. The number of hydrogen-bond donors (Lipinski definition) is 1. The lowest BCUT2D eigenvalue weighted by molar-refractivity contribution is 0.601. The molecule has 2 aromatic heterocycles. The highest BCUT2D eigenvalue weighted by atomic mass is 32.2. The van der Waals surface area contributed by atoms with E-state index in [2.05, 4.69) is 9.97 Å². The van der Waals surface area contributed by atoms with E-state index >= 15 is 0 Å². The summed E-state index contributed by atoms with van der Waals surface area (Å²) in [5.41, 5.74) is -0.0134. The number of thiazole rings is 1. The lowest BCUT2D eigenvalue weighted by Gasteiger charge is -1.97. The van der Waals surface area contributed by atoms with Gasteiger partial charge in [0, 0.05) is 6.26 Å². The summed E-state index contributed by atoms with van der Waals surface area (Å²) in [4.78, 5) is 19.2. The fraction of sp³-hybridized carbons (Fsp3) is 0.0909. The first-order valence-electron chi connectivity index (χ1n) is 5.18. The first-order valence-corrected chi connectivity index (χ1v) is 7.89. The molecule has 2 heterocycles. The van der Waals surface area contributed by atoms with Gasteiger partial charge in [-0.1, -0.05) is 11.3 Å². The van der Waals surface area contributed by atoms with Crippen molar-refractivity contribution in [2.24, 2.45) is 0 Å². The fourth-order valence-corrected chi connectivity index (χ4v) is 3.58. The van der Waals surface area contributed by atoms with Crippen molar-refractivity contribution in [1.82, 2.24) is 9.97 Å². The smallest absolute Gasteiger partial charge is 0.216 e. The lowest BCUT2D eigenvalue weighted by Crippen LogP contribution is -2.04. The van der Waals surface area contributed by atoms with Crippen molar-refractivity contribution in [3.8, 4) is 0 Å². The maximum Gasteiger partial charge on any atom is 0.216 e. The Morgan fingerprint density at radius 1 is 1.37 bits per heavy atom. The van der Waals surface area contributed by atoms with E-state index in [-0.39, 0.29) is 15.2 Å². The molecule has 0 spiro atoms. The summed E-state index contributed by atoms with van der Waals surface area (Å²) in [6.07, 6.45) is 1.02. The standard InChI is InChI=1S/C11H7FN2O3S2/c1-19(16,17)11-14-8-9(15)6-4-5(12)2-3-7(6)13-10(8)18-11/h2-4H,1H3,(H,13,15). The predicted octanol–water partition coefficient (Wildman–Crippen LogP) is 1.68. The van der Waals surface area contributed by atoms with Gasteiger partial charge in [-0.25, -0.2) is 17.8 Å². The molecule has 0 unspecified atom stereocenters. The lowest BCUT2D eigenvalue weighted by atomic mass is 10.2. The average Bonchev–Trinajstić information content (AvgIpc) is 2.74. The first-order chi connectivity index (χ1) is 8.86. The highest BCUT2D eigenvalue weighted by Crippen LogP contribution is 2.24. The molecule has 8 heteroatoms. The Hall–Kier alpha value is -1.80. The van der Waals surface area contributed by atoms with E-state index in [0.717, 1.165) is 23.7 Å². The van der Waals surface area contributed by atoms with Crippen molar-refractivity contribution < 1.29 is 12.8 Å². The van der Waals surface area contributed by atoms with Crippen LogP contribution < -0.4 is 5.43 Å². The van der Waals surface area contributed by atoms with E-state index in [4.69, 9.17) is 0 Å². The van der Waals surface area contributed by atoms with Crippen molar-refractivity contribution in [1.29, 1.82) is 0 Å². The van der Waals surface area contributed by atoms with Crippen LogP contribution >= 0.6 is 11.3 Å².